The van der Waals surface area contributed by atoms with Crippen molar-refractivity contribution < 1.29 is 34.2 Å². The van der Waals surface area contributed by atoms with E-state index in [-0.39, 0.29) is 12.2 Å². The number of carbonyl (C=O) groups is 5. The molecular weight excluding hydrogens is 426 g/mol. The molecular formula is C15H27N5O7S2. The summed E-state index contributed by atoms with van der Waals surface area (Å²) in [5, 5.41) is 24.6. The molecule has 0 saturated carbocycles. The maximum atomic E-state index is 12.6. The fourth-order valence-corrected chi connectivity index (χ4v) is 2.64. The van der Waals surface area contributed by atoms with Crippen LogP contribution < -0.4 is 27.4 Å². The number of carboxylic acids is 1. The molecule has 0 saturated heterocycles. The lowest BCUT2D eigenvalue weighted by atomic mass is 10.1. The van der Waals surface area contributed by atoms with Crippen LogP contribution in [0.15, 0.2) is 0 Å². The van der Waals surface area contributed by atoms with Crippen molar-refractivity contribution in [2.75, 3.05) is 24.4 Å². The molecule has 0 aromatic carbocycles. The van der Waals surface area contributed by atoms with E-state index in [1.807, 2.05) is 5.32 Å². The zero-order valence-electron chi connectivity index (χ0n) is 15.8. The Labute approximate surface area is 177 Å². The van der Waals surface area contributed by atoms with Gasteiger partial charge in [0.1, 0.15) is 18.1 Å². The van der Waals surface area contributed by atoms with Crippen LogP contribution in [-0.4, -0.2) is 88.3 Å². The third-order valence-electron chi connectivity index (χ3n) is 3.61. The number of amides is 4. The summed E-state index contributed by atoms with van der Waals surface area (Å²) in [5.74, 6) is -4.32. The fraction of sp³-hybridized carbons (Fsp3) is 0.667. The van der Waals surface area contributed by atoms with Crippen LogP contribution >= 0.6 is 24.4 Å². The van der Waals surface area contributed by atoms with E-state index in [2.05, 4.69) is 23.3 Å². The lowest BCUT2D eigenvalue weighted by Crippen LogP contribution is -2.58. The second-order valence-electron chi connectivity index (χ2n) is 5.95. The highest BCUT2D eigenvalue weighted by Crippen LogP contribution is 2.04. The predicted molar refractivity (Wildman–Crippen MR) is 109 cm³/mol. The number of aliphatic hydroxyl groups is 1. The molecule has 0 aliphatic carbocycles. The van der Waals surface area contributed by atoms with Crippen LogP contribution in [0.2, 0.25) is 0 Å². The minimum Gasteiger partial charge on any atom is -0.480 e. The first kappa shape index (κ1) is 27.0. The van der Waals surface area contributed by atoms with Gasteiger partial charge in [-0.15, -0.1) is 0 Å². The second kappa shape index (κ2) is 14.0. The van der Waals surface area contributed by atoms with Crippen molar-refractivity contribution >= 4 is 54.0 Å². The summed E-state index contributed by atoms with van der Waals surface area (Å²) in [6.07, 6.45) is 1.38. The van der Waals surface area contributed by atoms with Gasteiger partial charge in [-0.05, 0) is 18.4 Å². The Morgan fingerprint density at radius 1 is 1.00 bits per heavy atom. The number of rotatable bonds is 14. The van der Waals surface area contributed by atoms with E-state index in [4.69, 9.17) is 21.7 Å². The molecule has 0 aliphatic heterocycles. The van der Waals surface area contributed by atoms with Crippen LogP contribution in [0.25, 0.3) is 0 Å². The van der Waals surface area contributed by atoms with Crippen molar-refractivity contribution in [2.24, 2.45) is 11.5 Å². The number of nitrogens with two attached hydrogens (primary N) is 2. The topological polar surface area (TPSA) is 214 Å². The van der Waals surface area contributed by atoms with Crippen LogP contribution in [0.3, 0.4) is 0 Å². The van der Waals surface area contributed by atoms with Crippen molar-refractivity contribution in [2.45, 2.75) is 37.0 Å². The number of thiol groups is 1. The molecule has 0 fully saturated rings. The van der Waals surface area contributed by atoms with Crippen molar-refractivity contribution in [3.05, 3.63) is 0 Å². The third kappa shape index (κ3) is 10.3. The number of hydrogen-bond acceptors (Lipinski definition) is 9. The van der Waals surface area contributed by atoms with Gasteiger partial charge in [0.15, 0.2) is 0 Å². The Balaban J connectivity index is 5.34. The summed E-state index contributed by atoms with van der Waals surface area (Å²) in [5.41, 5.74) is 10.7. The van der Waals surface area contributed by atoms with E-state index in [1.165, 1.54) is 11.8 Å². The highest BCUT2D eigenvalue weighted by atomic mass is 32.2. The Hall–Kier alpha value is -2.03. The number of aliphatic hydroxyl groups excluding tert-OH is 1. The number of carbonyl (C=O) groups excluding carboxylic acids is 4. The van der Waals surface area contributed by atoms with E-state index in [0.29, 0.717) is 5.75 Å². The van der Waals surface area contributed by atoms with Crippen LogP contribution in [0.4, 0.5) is 0 Å². The predicted octanol–water partition coefficient (Wildman–Crippen LogP) is -3.60. The molecule has 0 radical (unpaired) electrons. The molecule has 4 unspecified atom stereocenters. The molecule has 0 aromatic heterocycles. The Morgan fingerprint density at radius 3 is 1.97 bits per heavy atom. The first-order valence-corrected chi connectivity index (χ1v) is 10.5. The van der Waals surface area contributed by atoms with Gasteiger partial charge >= 0.3 is 5.97 Å². The number of nitrogens with one attached hydrogen (secondary N) is 3. The van der Waals surface area contributed by atoms with Crippen molar-refractivity contribution in [1.82, 2.24) is 16.0 Å². The molecule has 0 heterocycles. The summed E-state index contributed by atoms with van der Waals surface area (Å²) < 4.78 is 0. The van der Waals surface area contributed by atoms with Gasteiger partial charge < -0.3 is 37.6 Å². The van der Waals surface area contributed by atoms with Crippen LogP contribution in [0.5, 0.6) is 0 Å². The standard InChI is InChI=1S/C15H27N5O7S2/c1-29-3-2-8(18-12(23)7(16)6-28)13(24)19-9(4-11(17)22)14(25)20-10(5-21)15(26)27/h7-10,21,28H,2-6,16H2,1H3,(H2,17,22)(H,18,23)(H,19,24)(H,20,25)(H,26,27). The monoisotopic (exact) mass is 453 g/mol. The van der Waals surface area contributed by atoms with Gasteiger partial charge in [-0.1, -0.05) is 0 Å². The SMILES string of the molecule is CSCCC(NC(=O)C(N)CS)C(=O)NC(CC(N)=O)C(=O)NC(CO)C(=O)O. The molecule has 0 spiro atoms. The van der Waals surface area contributed by atoms with E-state index in [1.54, 1.807) is 6.26 Å². The molecule has 14 heteroatoms. The molecule has 9 N–H and O–H groups in total. The van der Waals surface area contributed by atoms with Crippen molar-refractivity contribution in [1.29, 1.82) is 0 Å². The largest absolute Gasteiger partial charge is 0.480 e. The summed E-state index contributed by atoms with van der Waals surface area (Å²) in [6, 6.07) is -5.14. The molecule has 4 atom stereocenters. The summed E-state index contributed by atoms with van der Waals surface area (Å²) in [6.45, 7) is -0.896. The smallest absolute Gasteiger partial charge is 0.328 e. The fourth-order valence-electron chi connectivity index (χ4n) is 2.01. The van der Waals surface area contributed by atoms with Gasteiger partial charge in [0, 0.05) is 5.75 Å². The van der Waals surface area contributed by atoms with Gasteiger partial charge in [0.25, 0.3) is 0 Å². The molecule has 0 bridgehead atoms. The van der Waals surface area contributed by atoms with Crippen LogP contribution in [0, 0.1) is 0 Å². The molecule has 0 aliphatic rings. The highest BCUT2D eigenvalue weighted by Gasteiger charge is 2.30. The normalized spacial score (nSPS) is 14.8. The minimum atomic E-state index is -1.63. The number of thioether (sulfide) groups is 1. The number of carboxylic acid groups (broad SMARTS) is 1. The summed E-state index contributed by atoms with van der Waals surface area (Å²) in [7, 11) is 0. The lowest BCUT2D eigenvalue weighted by Gasteiger charge is -2.24. The molecule has 0 rings (SSSR count). The van der Waals surface area contributed by atoms with E-state index >= 15 is 0 Å². The number of hydrogen-bond donors (Lipinski definition) is 8. The molecule has 12 nitrogen and oxygen atoms in total. The molecule has 166 valence electrons. The van der Waals surface area contributed by atoms with Crippen LogP contribution in [-0.2, 0) is 24.0 Å². The van der Waals surface area contributed by atoms with Crippen molar-refractivity contribution in [3.63, 3.8) is 0 Å². The van der Waals surface area contributed by atoms with Gasteiger partial charge in [-0.25, -0.2) is 4.79 Å². The van der Waals surface area contributed by atoms with E-state index in [0.717, 1.165) is 0 Å². The lowest BCUT2D eigenvalue weighted by molar-refractivity contribution is -0.143. The summed E-state index contributed by atoms with van der Waals surface area (Å²) in [4.78, 5) is 59.1. The first-order valence-electron chi connectivity index (χ1n) is 8.45. The number of primary amides is 1. The van der Waals surface area contributed by atoms with Gasteiger partial charge in [-0.3, -0.25) is 19.2 Å². The Bertz CT molecular complexity index is 608. The maximum Gasteiger partial charge on any atom is 0.328 e. The molecule has 0 aromatic rings. The Kier molecular flexibility index (Phi) is 13.0. The zero-order valence-corrected chi connectivity index (χ0v) is 17.5. The minimum absolute atomic E-state index is 0.0488. The maximum absolute atomic E-state index is 12.6. The van der Waals surface area contributed by atoms with Gasteiger partial charge in [0.05, 0.1) is 19.1 Å². The third-order valence-corrected chi connectivity index (χ3v) is 4.65. The van der Waals surface area contributed by atoms with E-state index in [9.17, 15) is 24.0 Å². The van der Waals surface area contributed by atoms with Crippen LogP contribution in [0.1, 0.15) is 12.8 Å². The van der Waals surface area contributed by atoms with E-state index < -0.39 is 66.8 Å². The quantitative estimate of drug-likeness (QED) is 0.122. The summed E-state index contributed by atoms with van der Waals surface area (Å²) >= 11 is 5.33. The van der Waals surface area contributed by atoms with Crippen molar-refractivity contribution in [3.8, 4) is 0 Å². The average molecular weight is 454 g/mol. The number of aliphatic carboxylic acids is 1. The highest BCUT2D eigenvalue weighted by molar-refractivity contribution is 7.98. The Morgan fingerprint density at radius 2 is 1.52 bits per heavy atom. The molecule has 29 heavy (non-hydrogen) atoms. The molecule has 4 amide bonds. The average Bonchev–Trinajstić information content (AvgIpc) is 2.66. The second-order valence-corrected chi connectivity index (χ2v) is 7.30. The van der Waals surface area contributed by atoms with Gasteiger partial charge in [-0.2, -0.15) is 24.4 Å². The zero-order chi connectivity index (χ0) is 22.6. The van der Waals surface area contributed by atoms with Gasteiger partial charge in [0.2, 0.25) is 23.6 Å². The first-order chi connectivity index (χ1) is 13.6.